The van der Waals surface area contributed by atoms with Gasteiger partial charge in [0.1, 0.15) is 0 Å². The van der Waals surface area contributed by atoms with Gasteiger partial charge in [0, 0.05) is 16.0 Å². The number of aryl methyl sites for hydroxylation is 1. The predicted octanol–water partition coefficient (Wildman–Crippen LogP) is 3.93. The summed E-state index contributed by atoms with van der Waals surface area (Å²) in [6.45, 7) is 0.396. The number of ketones is 1. The monoisotopic (exact) mass is 389 g/mol. The zero-order valence-electron chi connectivity index (χ0n) is 15.2. The number of para-hydroxylation sites is 1. The van der Waals surface area contributed by atoms with Gasteiger partial charge in [-0.25, -0.2) is 0 Å². The predicted molar refractivity (Wildman–Crippen MR) is 108 cm³/mol. The number of anilines is 1. The molecule has 1 aliphatic carbocycles. The van der Waals surface area contributed by atoms with Crippen molar-refractivity contribution in [3.63, 3.8) is 0 Å². The molecular weight excluding hydrogens is 370 g/mol. The maximum absolute atomic E-state index is 13.5. The summed E-state index contributed by atoms with van der Waals surface area (Å²) in [7, 11) is 0. The van der Waals surface area contributed by atoms with Gasteiger partial charge in [-0.2, -0.15) is 0 Å². The maximum Gasteiger partial charge on any atom is 0.264 e. The van der Waals surface area contributed by atoms with Crippen LogP contribution in [0.3, 0.4) is 0 Å². The summed E-state index contributed by atoms with van der Waals surface area (Å²) < 4.78 is 0. The molecule has 28 heavy (non-hydrogen) atoms. The second-order valence-corrected chi connectivity index (χ2v) is 8.40. The van der Waals surface area contributed by atoms with Gasteiger partial charge in [-0.05, 0) is 35.9 Å². The Bertz CT molecular complexity index is 1070. The molecule has 0 unspecified atom stereocenters. The van der Waals surface area contributed by atoms with Crippen molar-refractivity contribution in [2.45, 2.75) is 25.0 Å². The van der Waals surface area contributed by atoms with Crippen molar-refractivity contribution in [2.24, 2.45) is 5.92 Å². The van der Waals surface area contributed by atoms with Crippen LogP contribution in [0, 0.1) is 5.92 Å². The first-order chi connectivity index (χ1) is 13.6. The van der Waals surface area contributed by atoms with Crippen LogP contribution in [0.25, 0.3) is 0 Å². The van der Waals surface area contributed by atoms with Crippen LogP contribution < -0.4 is 4.90 Å². The molecule has 0 bridgehead atoms. The summed E-state index contributed by atoms with van der Waals surface area (Å²) >= 11 is 1.57. The quantitative estimate of drug-likeness (QED) is 0.738. The number of amides is 1. The molecule has 2 aromatic carbocycles. The van der Waals surface area contributed by atoms with Crippen LogP contribution in [-0.2, 0) is 23.4 Å². The molecule has 0 saturated carbocycles. The van der Waals surface area contributed by atoms with Gasteiger partial charge in [-0.3, -0.25) is 9.59 Å². The van der Waals surface area contributed by atoms with Crippen LogP contribution in [-0.4, -0.2) is 16.8 Å². The number of benzene rings is 2. The molecule has 5 rings (SSSR count). The number of carbonyl (C=O) groups excluding carboxylic acids is 2. The lowest BCUT2D eigenvalue weighted by Gasteiger charge is -2.34. The topological polar surface area (TPSA) is 57.6 Å². The molecule has 2 aliphatic rings. The third kappa shape index (κ3) is 2.40. The minimum Gasteiger partial charge on any atom is -0.375 e. The SMILES string of the molecule is O=C1c2ccccc2CC[C@H]1[C@@]1(O)C(=O)N(Cc2cccs2)c2ccccc21. The lowest BCUT2D eigenvalue weighted by molar-refractivity contribution is -0.140. The molecule has 1 amide bonds. The Labute approximate surface area is 167 Å². The molecule has 5 heteroatoms. The van der Waals surface area contributed by atoms with Gasteiger partial charge in [0.15, 0.2) is 11.4 Å². The molecule has 0 fully saturated rings. The molecule has 2 heterocycles. The van der Waals surface area contributed by atoms with E-state index in [1.807, 2.05) is 53.9 Å². The van der Waals surface area contributed by atoms with Gasteiger partial charge >= 0.3 is 0 Å². The van der Waals surface area contributed by atoms with Crippen LogP contribution in [0.15, 0.2) is 66.0 Å². The van der Waals surface area contributed by atoms with Crippen molar-refractivity contribution in [1.82, 2.24) is 0 Å². The Morgan fingerprint density at radius 3 is 2.64 bits per heavy atom. The van der Waals surface area contributed by atoms with E-state index >= 15 is 0 Å². The zero-order chi connectivity index (χ0) is 19.3. The Morgan fingerprint density at radius 1 is 1.04 bits per heavy atom. The minimum absolute atomic E-state index is 0.148. The fourth-order valence-electron chi connectivity index (χ4n) is 4.51. The summed E-state index contributed by atoms with van der Waals surface area (Å²) in [5.74, 6) is -1.32. The normalized spacial score (nSPS) is 23.6. The van der Waals surface area contributed by atoms with Crippen LogP contribution >= 0.6 is 11.3 Å². The standard InChI is InChI=1S/C23H19NO3S/c25-21-17-8-2-1-6-15(17)11-12-19(21)23(27)18-9-3-4-10-20(18)24(22(23)26)14-16-7-5-13-28-16/h1-10,13,19,27H,11-12,14H2/t19-,23-/m1/s1. The molecule has 1 N–H and O–H groups in total. The average Bonchev–Trinajstić information content (AvgIpc) is 3.31. The van der Waals surface area contributed by atoms with E-state index in [2.05, 4.69) is 0 Å². The second kappa shape index (κ2) is 6.40. The van der Waals surface area contributed by atoms with Gasteiger partial charge < -0.3 is 10.0 Å². The Kier molecular flexibility index (Phi) is 3.96. The largest absolute Gasteiger partial charge is 0.375 e. The molecular formula is C23H19NO3S. The lowest BCUT2D eigenvalue weighted by Crippen LogP contribution is -2.49. The van der Waals surface area contributed by atoms with E-state index in [1.165, 1.54) is 0 Å². The molecule has 3 aromatic rings. The van der Waals surface area contributed by atoms with E-state index in [0.29, 0.717) is 36.2 Å². The summed E-state index contributed by atoms with van der Waals surface area (Å²) in [6, 6.07) is 18.7. The second-order valence-electron chi connectivity index (χ2n) is 7.37. The number of fused-ring (bicyclic) bond motifs is 2. The highest BCUT2D eigenvalue weighted by molar-refractivity contribution is 7.09. The number of rotatable bonds is 3. The third-order valence-corrected chi connectivity index (χ3v) is 6.74. The third-order valence-electron chi connectivity index (χ3n) is 5.88. The van der Waals surface area contributed by atoms with Gasteiger partial charge in [-0.1, -0.05) is 48.5 Å². The number of carbonyl (C=O) groups is 2. The van der Waals surface area contributed by atoms with Crippen molar-refractivity contribution < 1.29 is 14.7 Å². The fourth-order valence-corrected chi connectivity index (χ4v) is 5.20. The summed E-state index contributed by atoms with van der Waals surface area (Å²) in [5.41, 5.74) is 1.01. The molecule has 0 spiro atoms. The highest BCUT2D eigenvalue weighted by Gasteiger charge is 2.57. The van der Waals surface area contributed by atoms with Crippen LogP contribution in [0.4, 0.5) is 5.69 Å². The van der Waals surface area contributed by atoms with E-state index < -0.39 is 17.4 Å². The minimum atomic E-state index is -1.82. The summed E-state index contributed by atoms with van der Waals surface area (Å²) in [5, 5.41) is 13.7. The van der Waals surface area contributed by atoms with Gasteiger partial charge in [0.2, 0.25) is 0 Å². The smallest absolute Gasteiger partial charge is 0.264 e. The first kappa shape index (κ1) is 17.3. The lowest BCUT2D eigenvalue weighted by atomic mass is 9.71. The highest BCUT2D eigenvalue weighted by Crippen LogP contribution is 2.48. The molecule has 2 atom stereocenters. The molecule has 4 nitrogen and oxygen atoms in total. The van der Waals surface area contributed by atoms with E-state index in [1.54, 1.807) is 28.4 Å². The van der Waals surface area contributed by atoms with Crippen LogP contribution in [0.5, 0.6) is 0 Å². The van der Waals surface area contributed by atoms with E-state index in [-0.39, 0.29) is 5.78 Å². The zero-order valence-corrected chi connectivity index (χ0v) is 16.0. The number of Topliss-reactive ketones (excluding diaryl/α,β-unsaturated/α-hetero) is 1. The number of hydrogen-bond acceptors (Lipinski definition) is 4. The number of thiophene rings is 1. The van der Waals surface area contributed by atoms with Crippen molar-refractivity contribution in [3.8, 4) is 0 Å². The molecule has 0 saturated heterocycles. The van der Waals surface area contributed by atoms with Crippen LogP contribution in [0.2, 0.25) is 0 Å². The summed E-state index contributed by atoms with van der Waals surface area (Å²) in [4.78, 5) is 29.4. The van der Waals surface area contributed by atoms with Crippen molar-refractivity contribution in [2.75, 3.05) is 4.90 Å². The highest BCUT2D eigenvalue weighted by atomic mass is 32.1. The van der Waals surface area contributed by atoms with Crippen molar-refractivity contribution in [3.05, 3.63) is 87.6 Å². The van der Waals surface area contributed by atoms with E-state index in [4.69, 9.17) is 0 Å². The molecule has 140 valence electrons. The number of hydrogen-bond donors (Lipinski definition) is 1. The number of nitrogens with zero attached hydrogens (tertiary/aromatic N) is 1. The van der Waals surface area contributed by atoms with Gasteiger partial charge in [-0.15, -0.1) is 11.3 Å². The van der Waals surface area contributed by atoms with Crippen molar-refractivity contribution >= 4 is 28.7 Å². The van der Waals surface area contributed by atoms with E-state index in [0.717, 1.165) is 10.4 Å². The van der Waals surface area contributed by atoms with E-state index in [9.17, 15) is 14.7 Å². The Morgan fingerprint density at radius 2 is 1.82 bits per heavy atom. The first-order valence-corrected chi connectivity index (χ1v) is 10.3. The average molecular weight is 389 g/mol. The Hall–Kier alpha value is -2.76. The van der Waals surface area contributed by atoms with Crippen molar-refractivity contribution in [1.29, 1.82) is 0 Å². The number of aliphatic hydroxyl groups is 1. The Balaban J connectivity index is 1.59. The fraction of sp³-hybridized carbons (Fsp3) is 0.217. The van der Waals surface area contributed by atoms with Gasteiger partial charge in [0.05, 0.1) is 18.2 Å². The first-order valence-electron chi connectivity index (χ1n) is 9.39. The molecule has 1 aromatic heterocycles. The maximum atomic E-state index is 13.5. The van der Waals surface area contributed by atoms with Gasteiger partial charge in [0.25, 0.3) is 5.91 Å². The van der Waals surface area contributed by atoms with Crippen LogP contribution in [0.1, 0.15) is 32.8 Å². The molecule has 0 radical (unpaired) electrons. The summed E-state index contributed by atoms with van der Waals surface area (Å²) in [6.07, 6.45) is 1.13. The molecule has 1 aliphatic heterocycles.